The third-order valence-corrected chi connectivity index (χ3v) is 3.93. The fourth-order valence-corrected chi connectivity index (χ4v) is 2.65. The molecule has 0 aliphatic heterocycles. The number of methoxy groups -OCH3 is 1. The van der Waals surface area contributed by atoms with Gasteiger partial charge in [-0.25, -0.2) is 4.79 Å². The highest BCUT2D eigenvalue weighted by molar-refractivity contribution is 5.87. The first-order valence-electron chi connectivity index (χ1n) is 7.68. The highest BCUT2D eigenvalue weighted by Gasteiger charge is 2.43. The lowest BCUT2D eigenvalue weighted by Crippen LogP contribution is -2.27. The predicted molar refractivity (Wildman–Crippen MR) is 87.4 cm³/mol. The van der Waals surface area contributed by atoms with Crippen LogP contribution in [0.15, 0.2) is 18.2 Å². The van der Waals surface area contributed by atoms with Crippen LogP contribution in [0, 0.1) is 0 Å². The van der Waals surface area contributed by atoms with Gasteiger partial charge in [-0.05, 0) is 69.7 Å². The molecule has 122 valence electrons. The van der Waals surface area contributed by atoms with Gasteiger partial charge in [0, 0.05) is 0 Å². The van der Waals surface area contributed by atoms with Crippen LogP contribution >= 0.6 is 0 Å². The van der Waals surface area contributed by atoms with Crippen LogP contribution in [0.4, 0.5) is 10.5 Å². The zero-order valence-corrected chi connectivity index (χ0v) is 13.9. The van der Waals surface area contributed by atoms with Gasteiger partial charge in [0.2, 0.25) is 0 Å². The molecular weight excluding hydrogens is 280 g/mol. The van der Waals surface area contributed by atoms with Gasteiger partial charge in [-0.2, -0.15) is 0 Å². The minimum absolute atomic E-state index is 0.201. The molecule has 1 aliphatic rings. The number of nitrogens with two attached hydrogens (primary N) is 1. The average Bonchev–Trinajstić information content (AvgIpc) is 3.18. The van der Waals surface area contributed by atoms with E-state index in [-0.39, 0.29) is 5.41 Å². The van der Waals surface area contributed by atoms with E-state index in [1.165, 1.54) is 5.56 Å². The molecule has 0 radical (unpaired) electrons. The summed E-state index contributed by atoms with van der Waals surface area (Å²) in [6.07, 6.45) is 2.81. The molecule has 1 aromatic carbocycles. The summed E-state index contributed by atoms with van der Waals surface area (Å²) in [4.78, 5) is 11.9. The molecule has 1 saturated carbocycles. The predicted octanol–water partition coefficient (Wildman–Crippen LogP) is 3.42. The number of hydrogen-bond acceptors (Lipinski definition) is 4. The highest BCUT2D eigenvalue weighted by atomic mass is 16.6. The van der Waals surface area contributed by atoms with Crippen LogP contribution in [0.25, 0.3) is 0 Å². The van der Waals surface area contributed by atoms with Gasteiger partial charge in [0.15, 0.2) is 0 Å². The number of carbonyl (C=O) groups is 1. The fourth-order valence-electron chi connectivity index (χ4n) is 2.65. The van der Waals surface area contributed by atoms with Gasteiger partial charge in [-0.15, -0.1) is 0 Å². The zero-order chi connectivity index (χ0) is 16.4. The molecule has 2 rings (SSSR count). The normalized spacial score (nSPS) is 16.0. The van der Waals surface area contributed by atoms with Crippen LogP contribution in [-0.2, 0) is 10.2 Å². The van der Waals surface area contributed by atoms with Crippen molar-refractivity contribution < 1.29 is 14.3 Å². The van der Waals surface area contributed by atoms with E-state index in [0.29, 0.717) is 18.0 Å². The van der Waals surface area contributed by atoms with E-state index in [0.717, 1.165) is 19.3 Å². The Morgan fingerprint density at radius 3 is 2.55 bits per heavy atom. The summed E-state index contributed by atoms with van der Waals surface area (Å²) >= 11 is 0. The lowest BCUT2D eigenvalue weighted by atomic mass is 9.92. The number of amides is 1. The first-order valence-corrected chi connectivity index (χ1v) is 7.68. The minimum Gasteiger partial charge on any atom is -0.495 e. The van der Waals surface area contributed by atoms with E-state index >= 15 is 0 Å². The number of anilines is 1. The van der Waals surface area contributed by atoms with Crippen molar-refractivity contribution in [2.45, 2.75) is 51.0 Å². The van der Waals surface area contributed by atoms with Gasteiger partial charge in [-0.1, -0.05) is 6.07 Å². The maximum atomic E-state index is 11.9. The van der Waals surface area contributed by atoms with E-state index in [9.17, 15) is 4.79 Å². The van der Waals surface area contributed by atoms with Crippen LogP contribution < -0.4 is 15.8 Å². The number of carbonyl (C=O) groups excluding carboxylic acids is 1. The van der Waals surface area contributed by atoms with Crippen LogP contribution in [0.5, 0.6) is 5.75 Å². The molecule has 1 fully saturated rings. The standard InChI is InChI=1S/C17H26N2O3/c1-16(2,3)22-15(20)19-13-6-5-12(11-14(13)21-4)17(7-8-17)9-10-18/h5-6,11H,7-10,18H2,1-4H3,(H,19,20). The van der Waals surface area contributed by atoms with Crippen molar-refractivity contribution in [2.75, 3.05) is 19.0 Å². The molecule has 5 nitrogen and oxygen atoms in total. The summed E-state index contributed by atoms with van der Waals surface area (Å²) in [5, 5.41) is 2.74. The summed E-state index contributed by atoms with van der Waals surface area (Å²) in [6.45, 7) is 6.17. The largest absolute Gasteiger partial charge is 0.495 e. The number of ether oxygens (including phenoxy) is 2. The minimum atomic E-state index is -0.531. The van der Waals surface area contributed by atoms with Crippen LogP contribution in [0.3, 0.4) is 0 Å². The van der Waals surface area contributed by atoms with Crippen molar-refractivity contribution in [3.05, 3.63) is 23.8 Å². The smallest absolute Gasteiger partial charge is 0.412 e. The third-order valence-electron chi connectivity index (χ3n) is 3.93. The van der Waals surface area contributed by atoms with E-state index in [1.807, 2.05) is 39.0 Å². The van der Waals surface area contributed by atoms with Gasteiger partial charge in [0.1, 0.15) is 11.4 Å². The van der Waals surface area contributed by atoms with Gasteiger partial charge in [0.25, 0.3) is 0 Å². The molecule has 0 bridgehead atoms. The Morgan fingerprint density at radius 1 is 1.36 bits per heavy atom. The third kappa shape index (κ3) is 3.91. The molecule has 22 heavy (non-hydrogen) atoms. The summed E-state index contributed by atoms with van der Waals surface area (Å²) in [5.41, 5.74) is 7.22. The molecule has 3 N–H and O–H groups in total. The quantitative estimate of drug-likeness (QED) is 0.874. The van der Waals surface area contributed by atoms with Crippen LogP contribution in [0.2, 0.25) is 0 Å². The number of benzene rings is 1. The van der Waals surface area contributed by atoms with E-state index in [4.69, 9.17) is 15.2 Å². The molecule has 1 aromatic rings. The topological polar surface area (TPSA) is 73.6 Å². The number of rotatable bonds is 5. The van der Waals surface area contributed by atoms with E-state index in [2.05, 4.69) is 5.32 Å². The molecule has 0 aromatic heterocycles. The fraction of sp³-hybridized carbons (Fsp3) is 0.588. The molecule has 0 spiro atoms. The molecule has 5 heteroatoms. The Kier molecular flexibility index (Phi) is 4.66. The van der Waals surface area contributed by atoms with Crippen molar-refractivity contribution >= 4 is 11.8 Å². The first kappa shape index (κ1) is 16.6. The van der Waals surface area contributed by atoms with Crippen molar-refractivity contribution in [2.24, 2.45) is 5.73 Å². The monoisotopic (exact) mass is 306 g/mol. The van der Waals surface area contributed by atoms with Gasteiger partial charge >= 0.3 is 6.09 Å². The second kappa shape index (κ2) is 6.16. The van der Waals surface area contributed by atoms with Crippen LogP contribution in [0.1, 0.15) is 45.6 Å². The lowest BCUT2D eigenvalue weighted by Gasteiger charge is -2.21. The van der Waals surface area contributed by atoms with Crippen molar-refractivity contribution in [3.8, 4) is 5.75 Å². The maximum absolute atomic E-state index is 11.9. The Bertz CT molecular complexity index is 545. The van der Waals surface area contributed by atoms with E-state index in [1.54, 1.807) is 7.11 Å². The number of nitrogens with one attached hydrogen (secondary N) is 1. The van der Waals surface area contributed by atoms with Gasteiger partial charge in [0.05, 0.1) is 12.8 Å². The van der Waals surface area contributed by atoms with Crippen molar-refractivity contribution in [1.82, 2.24) is 0 Å². The molecule has 1 aliphatic carbocycles. The van der Waals surface area contributed by atoms with E-state index < -0.39 is 11.7 Å². The second-order valence-corrected chi connectivity index (χ2v) is 6.86. The highest BCUT2D eigenvalue weighted by Crippen LogP contribution is 2.51. The van der Waals surface area contributed by atoms with Gasteiger partial charge < -0.3 is 15.2 Å². The molecular formula is C17H26N2O3. The van der Waals surface area contributed by atoms with Crippen molar-refractivity contribution in [3.63, 3.8) is 0 Å². The van der Waals surface area contributed by atoms with Crippen molar-refractivity contribution in [1.29, 1.82) is 0 Å². The summed E-state index contributed by atoms with van der Waals surface area (Å²) in [5.74, 6) is 0.645. The zero-order valence-electron chi connectivity index (χ0n) is 13.9. The average molecular weight is 306 g/mol. The lowest BCUT2D eigenvalue weighted by molar-refractivity contribution is 0.0635. The maximum Gasteiger partial charge on any atom is 0.412 e. The first-order chi connectivity index (χ1) is 10.3. The second-order valence-electron chi connectivity index (χ2n) is 6.86. The molecule has 0 unspecified atom stereocenters. The molecule has 0 heterocycles. The molecule has 0 saturated heterocycles. The molecule has 0 atom stereocenters. The summed E-state index contributed by atoms with van der Waals surface area (Å²) in [6, 6.07) is 5.90. The number of hydrogen-bond donors (Lipinski definition) is 2. The summed E-state index contributed by atoms with van der Waals surface area (Å²) in [7, 11) is 1.60. The van der Waals surface area contributed by atoms with Gasteiger partial charge in [-0.3, -0.25) is 5.32 Å². The Balaban J connectivity index is 2.15. The molecule has 1 amide bonds. The Hall–Kier alpha value is -1.75. The van der Waals surface area contributed by atoms with Crippen LogP contribution in [-0.4, -0.2) is 25.3 Å². The summed E-state index contributed by atoms with van der Waals surface area (Å²) < 4.78 is 10.7. The SMILES string of the molecule is COc1cc(C2(CCN)CC2)ccc1NC(=O)OC(C)(C)C. The Morgan fingerprint density at radius 2 is 2.05 bits per heavy atom. The Labute approximate surface area is 132 Å².